The van der Waals surface area contributed by atoms with Crippen molar-refractivity contribution in [1.29, 1.82) is 0 Å². The van der Waals surface area contributed by atoms with E-state index in [2.05, 4.69) is 0 Å². The van der Waals surface area contributed by atoms with Gasteiger partial charge in [-0.3, -0.25) is 0 Å². The van der Waals surface area contributed by atoms with Gasteiger partial charge in [0, 0.05) is 10.8 Å². The Morgan fingerprint density at radius 2 is 1.88 bits per heavy atom. The molecule has 3 rings (SSSR count). The molecule has 5 heteroatoms. The molecule has 0 aliphatic heterocycles. The van der Waals surface area contributed by atoms with E-state index in [-0.39, 0.29) is 5.97 Å². The molecule has 2 aromatic carbocycles. The van der Waals surface area contributed by atoms with Crippen LogP contribution in [0.2, 0.25) is 0 Å². The highest BCUT2D eigenvalue weighted by Crippen LogP contribution is 2.37. The fourth-order valence-corrected chi connectivity index (χ4v) is 3.32. The van der Waals surface area contributed by atoms with Crippen LogP contribution in [0.1, 0.15) is 22.2 Å². The molecule has 24 heavy (non-hydrogen) atoms. The van der Waals surface area contributed by atoms with E-state index in [1.807, 2.05) is 48.5 Å². The van der Waals surface area contributed by atoms with Gasteiger partial charge < -0.3 is 14.2 Å². The van der Waals surface area contributed by atoms with Crippen molar-refractivity contribution in [3.8, 4) is 11.5 Å². The second-order valence-electron chi connectivity index (χ2n) is 5.15. The van der Waals surface area contributed by atoms with Crippen LogP contribution in [0.4, 0.5) is 0 Å². The number of benzene rings is 2. The van der Waals surface area contributed by atoms with Crippen LogP contribution in [0.25, 0.3) is 10.1 Å². The Morgan fingerprint density at radius 1 is 1.08 bits per heavy atom. The van der Waals surface area contributed by atoms with Crippen molar-refractivity contribution >= 4 is 27.4 Å². The molecule has 4 nitrogen and oxygen atoms in total. The van der Waals surface area contributed by atoms with E-state index in [0.29, 0.717) is 29.6 Å². The topological polar surface area (TPSA) is 44.8 Å². The molecule has 0 saturated carbocycles. The Bertz CT molecular complexity index is 839. The van der Waals surface area contributed by atoms with Gasteiger partial charge in [-0.2, -0.15) is 0 Å². The summed E-state index contributed by atoms with van der Waals surface area (Å²) in [6.45, 7) is 2.62. The normalized spacial score (nSPS) is 10.6. The van der Waals surface area contributed by atoms with Crippen LogP contribution in [-0.2, 0) is 11.3 Å². The maximum Gasteiger partial charge on any atom is 0.348 e. The van der Waals surface area contributed by atoms with Crippen molar-refractivity contribution in [2.24, 2.45) is 0 Å². The molecule has 1 heterocycles. The van der Waals surface area contributed by atoms with E-state index >= 15 is 0 Å². The first-order chi connectivity index (χ1) is 11.7. The lowest BCUT2D eigenvalue weighted by Crippen LogP contribution is -2.01. The number of methoxy groups -OCH3 is 1. The second-order valence-corrected chi connectivity index (χ2v) is 6.23. The molecular weight excluding hydrogens is 324 g/mol. The van der Waals surface area contributed by atoms with E-state index < -0.39 is 0 Å². The van der Waals surface area contributed by atoms with Gasteiger partial charge in [-0.05, 0) is 30.0 Å². The van der Waals surface area contributed by atoms with Gasteiger partial charge in [0.2, 0.25) is 0 Å². The Morgan fingerprint density at radius 3 is 2.58 bits per heavy atom. The minimum atomic E-state index is -0.301. The van der Waals surface area contributed by atoms with E-state index in [0.717, 1.165) is 15.6 Å². The van der Waals surface area contributed by atoms with Gasteiger partial charge in [-0.15, -0.1) is 11.3 Å². The molecule has 0 aliphatic rings. The lowest BCUT2D eigenvalue weighted by molar-refractivity contribution is 0.0532. The summed E-state index contributed by atoms with van der Waals surface area (Å²) < 4.78 is 17.3. The quantitative estimate of drug-likeness (QED) is 0.611. The zero-order chi connectivity index (χ0) is 16.9. The molecule has 124 valence electrons. The van der Waals surface area contributed by atoms with Gasteiger partial charge in [0.05, 0.1) is 13.7 Å². The molecule has 0 amide bonds. The summed E-state index contributed by atoms with van der Waals surface area (Å²) in [6.07, 6.45) is 0. The highest BCUT2D eigenvalue weighted by Gasteiger charge is 2.14. The molecule has 0 radical (unpaired) electrons. The number of carbonyl (C=O) groups excluding carboxylic acids is 1. The Balaban J connectivity index is 1.88. The summed E-state index contributed by atoms with van der Waals surface area (Å²) in [5, 5.41) is 0.937. The monoisotopic (exact) mass is 342 g/mol. The van der Waals surface area contributed by atoms with Crippen molar-refractivity contribution in [2.45, 2.75) is 13.5 Å². The van der Waals surface area contributed by atoms with Crippen molar-refractivity contribution in [2.75, 3.05) is 13.7 Å². The van der Waals surface area contributed by atoms with E-state index in [4.69, 9.17) is 14.2 Å². The number of ether oxygens (including phenoxy) is 3. The minimum absolute atomic E-state index is 0.301. The molecule has 0 unspecified atom stereocenters. The lowest BCUT2D eigenvalue weighted by Gasteiger charge is -2.11. The largest absolute Gasteiger partial charge is 0.493 e. The molecule has 0 aliphatic carbocycles. The zero-order valence-corrected chi connectivity index (χ0v) is 14.4. The third-order valence-electron chi connectivity index (χ3n) is 3.52. The highest BCUT2D eigenvalue weighted by molar-refractivity contribution is 7.20. The zero-order valence-electron chi connectivity index (χ0n) is 13.6. The van der Waals surface area contributed by atoms with Crippen LogP contribution in [-0.4, -0.2) is 19.7 Å². The van der Waals surface area contributed by atoms with Crippen molar-refractivity contribution in [3.05, 3.63) is 59.0 Å². The molecule has 3 aromatic rings. The van der Waals surface area contributed by atoms with Crippen LogP contribution in [0.15, 0.2) is 48.5 Å². The summed E-state index contributed by atoms with van der Waals surface area (Å²) in [5.74, 6) is 1.00. The predicted molar refractivity (Wildman–Crippen MR) is 95.1 cm³/mol. The van der Waals surface area contributed by atoms with Crippen molar-refractivity contribution < 1.29 is 19.0 Å². The summed E-state index contributed by atoms with van der Waals surface area (Å²) in [5.41, 5.74) is 1.08. The maximum absolute atomic E-state index is 11.9. The fraction of sp³-hybridized carbons (Fsp3) is 0.211. The molecule has 0 fully saturated rings. The Kier molecular flexibility index (Phi) is 5.01. The average molecular weight is 342 g/mol. The SMILES string of the molecule is CCOC(=O)c1cc2cc(OC)c(OCc3ccccc3)cc2s1. The number of hydrogen-bond donors (Lipinski definition) is 0. The number of rotatable bonds is 6. The van der Waals surface area contributed by atoms with Crippen LogP contribution in [0, 0.1) is 0 Å². The molecule has 0 spiro atoms. The number of esters is 1. The van der Waals surface area contributed by atoms with Gasteiger partial charge in [-0.1, -0.05) is 30.3 Å². The third-order valence-corrected chi connectivity index (χ3v) is 4.59. The Labute approximate surface area is 144 Å². The number of carbonyl (C=O) groups is 1. The first-order valence-electron chi connectivity index (χ1n) is 7.66. The second kappa shape index (κ2) is 7.36. The summed E-state index contributed by atoms with van der Waals surface area (Å²) in [6, 6.07) is 15.6. The first-order valence-corrected chi connectivity index (χ1v) is 8.48. The minimum Gasteiger partial charge on any atom is -0.493 e. The van der Waals surface area contributed by atoms with Gasteiger partial charge in [-0.25, -0.2) is 4.79 Å². The fourth-order valence-electron chi connectivity index (χ4n) is 2.36. The van der Waals surface area contributed by atoms with Gasteiger partial charge in [0.15, 0.2) is 11.5 Å². The van der Waals surface area contributed by atoms with Gasteiger partial charge >= 0.3 is 5.97 Å². The van der Waals surface area contributed by atoms with E-state index in [1.54, 1.807) is 14.0 Å². The maximum atomic E-state index is 11.9. The molecular formula is C19H18O4S. The first kappa shape index (κ1) is 16.3. The molecule has 1 aromatic heterocycles. The number of hydrogen-bond acceptors (Lipinski definition) is 5. The molecule has 0 bridgehead atoms. The molecule has 0 atom stereocenters. The summed E-state index contributed by atoms with van der Waals surface area (Å²) in [4.78, 5) is 12.5. The molecule has 0 saturated heterocycles. The predicted octanol–water partition coefficient (Wildman–Crippen LogP) is 4.67. The molecule has 0 N–H and O–H groups in total. The Hall–Kier alpha value is -2.53. The van der Waals surface area contributed by atoms with Crippen LogP contribution in [0.5, 0.6) is 11.5 Å². The smallest absolute Gasteiger partial charge is 0.348 e. The highest BCUT2D eigenvalue weighted by atomic mass is 32.1. The van der Waals surface area contributed by atoms with Crippen LogP contribution >= 0.6 is 11.3 Å². The summed E-state index contributed by atoms with van der Waals surface area (Å²) >= 11 is 1.39. The number of thiophene rings is 1. The van der Waals surface area contributed by atoms with E-state index in [9.17, 15) is 4.79 Å². The van der Waals surface area contributed by atoms with Crippen LogP contribution in [0.3, 0.4) is 0 Å². The lowest BCUT2D eigenvalue weighted by atomic mass is 10.2. The van der Waals surface area contributed by atoms with Crippen LogP contribution < -0.4 is 9.47 Å². The average Bonchev–Trinajstić information content (AvgIpc) is 3.03. The standard InChI is InChI=1S/C19H18O4S/c1-3-22-19(20)18-10-14-9-15(21-2)16(11-17(14)24-18)23-12-13-7-5-4-6-8-13/h4-11H,3,12H2,1-2H3. The number of fused-ring (bicyclic) bond motifs is 1. The van der Waals surface area contributed by atoms with Gasteiger partial charge in [0.25, 0.3) is 0 Å². The van der Waals surface area contributed by atoms with Crippen molar-refractivity contribution in [3.63, 3.8) is 0 Å². The summed E-state index contributed by atoms with van der Waals surface area (Å²) in [7, 11) is 1.61. The van der Waals surface area contributed by atoms with Gasteiger partial charge in [0.1, 0.15) is 11.5 Å². The van der Waals surface area contributed by atoms with Crippen molar-refractivity contribution in [1.82, 2.24) is 0 Å². The van der Waals surface area contributed by atoms with E-state index in [1.165, 1.54) is 11.3 Å². The third kappa shape index (κ3) is 3.51.